The van der Waals surface area contributed by atoms with Gasteiger partial charge in [-0.05, 0) is 24.3 Å². The SMILES string of the molecule is O=CC=Cc1ccc(C(=O)O)s1. The van der Waals surface area contributed by atoms with Crippen LogP contribution < -0.4 is 0 Å². The molecule has 0 spiro atoms. The lowest BCUT2D eigenvalue weighted by atomic mass is 10.4. The zero-order valence-corrected chi connectivity index (χ0v) is 6.88. The Balaban J connectivity index is 2.84. The number of aldehydes is 1. The first-order chi connectivity index (χ1) is 5.74. The Kier molecular flexibility index (Phi) is 2.76. The molecule has 4 heteroatoms. The number of rotatable bonds is 3. The highest BCUT2D eigenvalue weighted by Gasteiger charge is 2.04. The van der Waals surface area contributed by atoms with Crippen LogP contribution >= 0.6 is 11.3 Å². The zero-order valence-electron chi connectivity index (χ0n) is 6.06. The van der Waals surface area contributed by atoms with E-state index in [9.17, 15) is 9.59 Å². The predicted molar refractivity (Wildman–Crippen MR) is 46.4 cm³/mol. The summed E-state index contributed by atoms with van der Waals surface area (Å²) in [6.07, 6.45) is 3.56. The van der Waals surface area contributed by atoms with E-state index in [1.807, 2.05) is 0 Å². The third-order valence-electron chi connectivity index (χ3n) is 1.18. The average Bonchev–Trinajstić information content (AvgIpc) is 2.48. The Morgan fingerprint density at radius 3 is 2.75 bits per heavy atom. The van der Waals surface area contributed by atoms with E-state index in [1.165, 1.54) is 12.1 Å². The van der Waals surface area contributed by atoms with E-state index >= 15 is 0 Å². The summed E-state index contributed by atoms with van der Waals surface area (Å²) in [5.41, 5.74) is 0. The molecule has 1 aromatic rings. The van der Waals surface area contributed by atoms with Gasteiger partial charge in [0.1, 0.15) is 11.2 Å². The standard InChI is InChI=1S/C8H6O3S/c9-5-1-2-6-3-4-7(12-6)8(10)11/h1-5H,(H,10,11). The normalized spacial score (nSPS) is 10.3. The first-order valence-corrected chi connectivity index (χ1v) is 4.00. The number of hydrogen-bond donors (Lipinski definition) is 1. The summed E-state index contributed by atoms with van der Waals surface area (Å²) in [5, 5.41) is 8.54. The average molecular weight is 182 g/mol. The summed E-state index contributed by atoms with van der Waals surface area (Å²) >= 11 is 1.14. The van der Waals surface area contributed by atoms with Gasteiger partial charge in [-0.3, -0.25) is 4.79 Å². The van der Waals surface area contributed by atoms with Crippen molar-refractivity contribution in [1.82, 2.24) is 0 Å². The van der Waals surface area contributed by atoms with Crippen LogP contribution in [0.25, 0.3) is 6.08 Å². The number of hydrogen-bond acceptors (Lipinski definition) is 3. The highest BCUT2D eigenvalue weighted by atomic mass is 32.1. The van der Waals surface area contributed by atoms with E-state index in [0.29, 0.717) is 6.29 Å². The van der Waals surface area contributed by atoms with Crippen molar-refractivity contribution in [2.24, 2.45) is 0 Å². The molecule has 0 aliphatic carbocycles. The van der Waals surface area contributed by atoms with Crippen molar-refractivity contribution < 1.29 is 14.7 Å². The minimum atomic E-state index is -0.939. The molecule has 0 radical (unpaired) electrons. The van der Waals surface area contributed by atoms with Gasteiger partial charge in [0, 0.05) is 4.88 Å². The van der Waals surface area contributed by atoms with Gasteiger partial charge in [-0.25, -0.2) is 4.79 Å². The second kappa shape index (κ2) is 3.82. The van der Waals surface area contributed by atoms with Crippen molar-refractivity contribution in [3.63, 3.8) is 0 Å². The molecule has 62 valence electrons. The molecule has 0 aliphatic rings. The second-order valence-electron chi connectivity index (χ2n) is 2.00. The van der Waals surface area contributed by atoms with Gasteiger partial charge in [-0.2, -0.15) is 0 Å². The third-order valence-corrected chi connectivity index (χ3v) is 2.22. The third kappa shape index (κ3) is 2.03. The summed E-state index contributed by atoms with van der Waals surface area (Å²) in [4.78, 5) is 21.4. The molecule has 12 heavy (non-hydrogen) atoms. The predicted octanol–water partition coefficient (Wildman–Crippen LogP) is 1.66. The Hall–Kier alpha value is -1.42. The van der Waals surface area contributed by atoms with Crippen LogP contribution in [0.2, 0.25) is 0 Å². The first-order valence-electron chi connectivity index (χ1n) is 3.19. The number of carbonyl (C=O) groups is 2. The highest BCUT2D eigenvalue weighted by molar-refractivity contribution is 7.14. The van der Waals surface area contributed by atoms with Crippen molar-refractivity contribution in [2.75, 3.05) is 0 Å². The van der Waals surface area contributed by atoms with Gasteiger partial charge in [-0.15, -0.1) is 11.3 Å². The molecule has 0 bridgehead atoms. The van der Waals surface area contributed by atoms with Crippen molar-refractivity contribution in [1.29, 1.82) is 0 Å². The van der Waals surface area contributed by atoms with Crippen LogP contribution in [-0.4, -0.2) is 17.4 Å². The summed E-state index contributed by atoms with van der Waals surface area (Å²) in [6.45, 7) is 0. The number of allylic oxidation sites excluding steroid dienone is 1. The molecule has 1 aromatic heterocycles. The Labute approximate surface area is 73.0 Å². The summed E-state index contributed by atoms with van der Waals surface area (Å²) in [5.74, 6) is -0.939. The number of aromatic carboxylic acids is 1. The van der Waals surface area contributed by atoms with Crippen molar-refractivity contribution >= 4 is 29.7 Å². The number of carbonyl (C=O) groups excluding carboxylic acids is 1. The fourth-order valence-electron chi connectivity index (χ4n) is 0.691. The van der Waals surface area contributed by atoms with Gasteiger partial charge in [-0.1, -0.05) is 0 Å². The zero-order chi connectivity index (χ0) is 8.97. The Bertz CT molecular complexity index is 325. The van der Waals surface area contributed by atoms with Crippen molar-refractivity contribution in [3.8, 4) is 0 Å². The number of thiophene rings is 1. The lowest BCUT2D eigenvalue weighted by Crippen LogP contribution is -1.89. The molecule has 0 fully saturated rings. The van der Waals surface area contributed by atoms with Gasteiger partial charge < -0.3 is 5.11 Å². The molecule has 0 atom stereocenters. The smallest absolute Gasteiger partial charge is 0.345 e. The minimum absolute atomic E-state index is 0.278. The number of carboxylic acids is 1. The van der Waals surface area contributed by atoms with E-state index in [4.69, 9.17) is 5.11 Å². The molecule has 1 heterocycles. The topological polar surface area (TPSA) is 54.4 Å². The van der Waals surface area contributed by atoms with E-state index in [-0.39, 0.29) is 4.88 Å². The van der Waals surface area contributed by atoms with Crippen molar-refractivity contribution in [2.45, 2.75) is 0 Å². The van der Waals surface area contributed by atoms with E-state index in [1.54, 1.807) is 12.1 Å². The molecule has 0 unspecified atom stereocenters. The maximum atomic E-state index is 10.4. The van der Waals surface area contributed by atoms with Gasteiger partial charge in [0.15, 0.2) is 0 Å². The van der Waals surface area contributed by atoms with Crippen LogP contribution in [0.4, 0.5) is 0 Å². The fourth-order valence-corrected chi connectivity index (χ4v) is 1.45. The Morgan fingerprint density at radius 1 is 1.50 bits per heavy atom. The van der Waals surface area contributed by atoms with Crippen molar-refractivity contribution in [3.05, 3.63) is 28.0 Å². The quantitative estimate of drug-likeness (QED) is 0.571. The minimum Gasteiger partial charge on any atom is -0.477 e. The first kappa shape index (κ1) is 8.67. The molecule has 0 saturated carbocycles. The largest absolute Gasteiger partial charge is 0.477 e. The van der Waals surface area contributed by atoms with Crippen LogP contribution in [0.5, 0.6) is 0 Å². The van der Waals surface area contributed by atoms with Crippen LogP contribution in [0.3, 0.4) is 0 Å². The molecule has 1 N–H and O–H groups in total. The monoisotopic (exact) mass is 182 g/mol. The van der Waals surface area contributed by atoms with E-state index in [2.05, 4.69) is 0 Å². The van der Waals surface area contributed by atoms with Gasteiger partial charge >= 0.3 is 5.97 Å². The molecule has 3 nitrogen and oxygen atoms in total. The highest BCUT2D eigenvalue weighted by Crippen LogP contribution is 2.17. The molecule has 0 aliphatic heterocycles. The van der Waals surface area contributed by atoms with E-state index < -0.39 is 5.97 Å². The fraction of sp³-hybridized carbons (Fsp3) is 0. The maximum absolute atomic E-state index is 10.4. The maximum Gasteiger partial charge on any atom is 0.345 e. The second-order valence-corrected chi connectivity index (χ2v) is 3.12. The molecular weight excluding hydrogens is 176 g/mol. The lowest BCUT2D eigenvalue weighted by Gasteiger charge is -1.81. The van der Waals surface area contributed by atoms with Crippen LogP contribution in [0, 0.1) is 0 Å². The molecule has 0 saturated heterocycles. The lowest BCUT2D eigenvalue weighted by molar-refractivity contribution is -0.104. The summed E-state index contributed by atoms with van der Waals surface area (Å²) in [6, 6.07) is 3.17. The summed E-state index contributed by atoms with van der Waals surface area (Å²) in [7, 11) is 0. The Morgan fingerprint density at radius 2 is 2.25 bits per heavy atom. The number of carboxylic acid groups (broad SMARTS) is 1. The van der Waals surface area contributed by atoms with Gasteiger partial charge in [0.05, 0.1) is 0 Å². The van der Waals surface area contributed by atoms with Crippen LogP contribution in [0.15, 0.2) is 18.2 Å². The van der Waals surface area contributed by atoms with Crippen LogP contribution in [-0.2, 0) is 4.79 Å². The van der Waals surface area contributed by atoms with E-state index in [0.717, 1.165) is 16.2 Å². The molecule has 0 aromatic carbocycles. The van der Waals surface area contributed by atoms with Gasteiger partial charge in [0.2, 0.25) is 0 Å². The van der Waals surface area contributed by atoms with Gasteiger partial charge in [0.25, 0.3) is 0 Å². The van der Waals surface area contributed by atoms with Crippen LogP contribution in [0.1, 0.15) is 14.5 Å². The molecule has 1 rings (SSSR count). The summed E-state index contributed by atoms with van der Waals surface area (Å²) < 4.78 is 0. The molecule has 0 amide bonds. The molecular formula is C8H6O3S.